The second-order valence-electron chi connectivity index (χ2n) is 4.57. The fourth-order valence-corrected chi connectivity index (χ4v) is 1.41. The van der Waals surface area contributed by atoms with Crippen molar-refractivity contribution in [3.63, 3.8) is 0 Å². The zero-order chi connectivity index (χ0) is 11.5. The van der Waals surface area contributed by atoms with Crippen molar-refractivity contribution in [1.82, 2.24) is 5.32 Å². The van der Waals surface area contributed by atoms with Crippen LogP contribution in [0.3, 0.4) is 0 Å². The second kappa shape index (κ2) is 4.64. The van der Waals surface area contributed by atoms with Crippen LogP contribution in [0.15, 0.2) is 0 Å². The van der Waals surface area contributed by atoms with Gasteiger partial charge in [0.2, 0.25) is 5.91 Å². The molecule has 15 heavy (non-hydrogen) atoms. The van der Waals surface area contributed by atoms with Gasteiger partial charge in [-0.05, 0) is 26.7 Å². The Labute approximate surface area is 90.4 Å². The van der Waals surface area contributed by atoms with Crippen molar-refractivity contribution in [3.05, 3.63) is 0 Å². The maximum Gasteiger partial charge on any atom is 0.310 e. The summed E-state index contributed by atoms with van der Waals surface area (Å²) in [5.41, 5.74) is -0.426. The monoisotopic (exact) mass is 213 g/mol. The second-order valence-corrected chi connectivity index (χ2v) is 4.57. The average molecular weight is 213 g/mol. The van der Waals surface area contributed by atoms with Crippen molar-refractivity contribution in [2.45, 2.75) is 45.6 Å². The molecule has 0 bridgehead atoms. The van der Waals surface area contributed by atoms with E-state index in [9.17, 15) is 9.59 Å². The Morgan fingerprint density at radius 3 is 2.80 bits per heavy atom. The minimum Gasteiger partial charge on any atom is -0.459 e. The summed E-state index contributed by atoms with van der Waals surface area (Å²) in [6.45, 7) is 6.31. The summed E-state index contributed by atoms with van der Waals surface area (Å²) in [7, 11) is 0. The Hall–Kier alpha value is -1.06. The molecule has 0 aromatic heterocycles. The Morgan fingerprint density at radius 2 is 2.27 bits per heavy atom. The normalized spacial score (nSPS) is 22.1. The zero-order valence-corrected chi connectivity index (χ0v) is 9.63. The number of amides is 1. The van der Waals surface area contributed by atoms with E-state index in [4.69, 9.17) is 4.74 Å². The number of ether oxygens (including phenoxy) is 1. The minimum atomic E-state index is -0.426. The van der Waals surface area contributed by atoms with Crippen LogP contribution in [0.4, 0.5) is 0 Å². The van der Waals surface area contributed by atoms with E-state index < -0.39 is 5.60 Å². The molecule has 1 aliphatic heterocycles. The fraction of sp³-hybridized carbons (Fsp3) is 0.818. The molecule has 0 aromatic rings. The molecule has 0 aromatic carbocycles. The third-order valence-electron chi connectivity index (χ3n) is 2.81. The summed E-state index contributed by atoms with van der Waals surface area (Å²) >= 11 is 0. The minimum absolute atomic E-state index is 0.0579. The number of carbonyl (C=O) groups excluding carboxylic acids is 2. The molecule has 4 heteroatoms. The van der Waals surface area contributed by atoms with E-state index in [0.717, 1.165) is 6.42 Å². The summed E-state index contributed by atoms with van der Waals surface area (Å²) < 4.78 is 5.36. The number of esters is 1. The first-order chi connectivity index (χ1) is 6.94. The molecule has 4 nitrogen and oxygen atoms in total. The molecule has 0 spiro atoms. The van der Waals surface area contributed by atoms with Gasteiger partial charge in [0, 0.05) is 13.0 Å². The number of piperidine rings is 1. The summed E-state index contributed by atoms with van der Waals surface area (Å²) in [5, 5.41) is 2.70. The van der Waals surface area contributed by atoms with Crippen LogP contribution in [0.2, 0.25) is 0 Å². The van der Waals surface area contributed by atoms with E-state index in [-0.39, 0.29) is 24.2 Å². The number of nitrogens with one attached hydrogen (secondary N) is 1. The van der Waals surface area contributed by atoms with Gasteiger partial charge in [-0.1, -0.05) is 6.92 Å². The van der Waals surface area contributed by atoms with Gasteiger partial charge in [-0.25, -0.2) is 0 Å². The first-order valence-corrected chi connectivity index (χ1v) is 5.44. The van der Waals surface area contributed by atoms with Crippen LogP contribution in [-0.2, 0) is 14.3 Å². The summed E-state index contributed by atoms with van der Waals surface area (Å²) in [6, 6.07) is 0. The van der Waals surface area contributed by atoms with E-state index in [1.807, 2.05) is 20.8 Å². The molecule has 1 heterocycles. The third-order valence-corrected chi connectivity index (χ3v) is 2.81. The van der Waals surface area contributed by atoms with E-state index in [2.05, 4.69) is 5.32 Å². The lowest BCUT2D eigenvalue weighted by molar-refractivity contribution is -0.164. The van der Waals surface area contributed by atoms with E-state index in [1.54, 1.807) is 0 Å². The first kappa shape index (κ1) is 12.0. The van der Waals surface area contributed by atoms with Gasteiger partial charge in [-0.2, -0.15) is 0 Å². The molecular weight excluding hydrogens is 194 g/mol. The fourth-order valence-electron chi connectivity index (χ4n) is 1.41. The molecule has 1 aliphatic rings. The van der Waals surface area contributed by atoms with Gasteiger partial charge < -0.3 is 10.1 Å². The maximum absolute atomic E-state index is 11.7. The first-order valence-electron chi connectivity index (χ1n) is 5.44. The third kappa shape index (κ3) is 3.53. The molecule has 1 atom stereocenters. The highest BCUT2D eigenvalue weighted by molar-refractivity contribution is 5.84. The Kier molecular flexibility index (Phi) is 3.72. The molecule has 0 aliphatic carbocycles. The summed E-state index contributed by atoms with van der Waals surface area (Å²) in [6.07, 6.45) is 1.72. The van der Waals surface area contributed by atoms with Crippen molar-refractivity contribution >= 4 is 11.9 Å². The smallest absolute Gasteiger partial charge is 0.310 e. The quantitative estimate of drug-likeness (QED) is 0.718. The number of hydrogen-bond acceptors (Lipinski definition) is 3. The predicted octanol–water partition coefficient (Wildman–Crippen LogP) is 1.24. The molecule has 1 fully saturated rings. The van der Waals surface area contributed by atoms with E-state index in [1.165, 1.54) is 0 Å². The highest BCUT2D eigenvalue weighted by atomic mass is 16.6. The van der Waals surface area contributed by atoms with Gasteiger partial charge in [0.25, 0.3) is 0 Å². The lowest BCUT2D eigenvalue weighted by Gasteiger charge is -2.28. The van der Waals surface area contributed by atoms with Crippen LogP contribution < -0.4 is 5.32 Å². The molecular formula is C11H19NO3. The lowest BCUT2D eigenvalue weighted by Crippen LogP contribution is -2.39. The molecule has 1 N–H and O–H groups in total. The Bertz CT molecular complexity index is 261. The van der Waals surface area contributed by atoms with Gasteiger partial charge >= 0.3 is 5.97 Å². The Morgan fingerprint density at radius 1 is 1.60 bits per heavy atom. The van der Waals surface area contributed by atoms with Gasteiger partial charge in [0.15, 0.2) is 0 Å². The Balaban J connectivity index is 2.49. The highest BCUT2D eigenvalue weighted by Crippen LogP contribution is 2.20. The topological polar surface area (TPSA) is 55.4 Å². The van der Waals surface area contributed by atoms with Crippen molar-refractivity contribution in [3.8, 4) is 0 Å². The van der Waals surface area contributed by atoms with Crippen molar-refractivity contribution in [1.29, 1.82) is 0 Å². The van der Waals surface area contributed by atoms with Crippen LogP contribution in [0, 0.1) is 5.92 Å². The highest BCUT2D eigenvalue weighted by Gasteiger charge is 2.30. The van der Waals surface area contributed by atoms with Crippen LogP contribution in [0.1, 0.15) is 40.0 Å². The molecule has 1 rings (SSSR count). The molecule has 1 unspecified atom stereocenters. The van der Waals surface area contributed by atoms with Crippen LogP contribution in [0.5, 0.6) is 0 Å². The zero-order valence-electron chi connectivity index (χ0n) is 9.63. The molecule has 0 saturated carbocycles. The van der Waals surface area contributed by atoms with Gasteiger partial charge in [0.05, 0.1) is 5.92 Å². The standard InChI is InChI=1S/C11H19NO3/c1-4-11(2,3)15-10(14)8-5-6-12-9(13)7-8/h8H,4-7H2,1-3H3,(H,12,13). The largest absolute Gasteiger partial charge is 0.459 e. The number of carbonyl (C=O) groups is 2. The predicted molar refractivity (Wildman–Crippen MR) is 56.2 cm³/mol. The average Bonchev–Trinajstić information content (AvgIpc) is 2.17. The van der Waals surface area contributed by atoms with Crippen molar-refractivity contribution in [2.24, 2.45) is 5.92 Å². The molecule has 1 amide bonds. The molecule has 1 saturated heterocycles. The van der Waals surface area contributed by atoms with Gasteiger partial charge in [-0.15, -0.1) is 0 Å². The van der Waals surface area contributed by atoms with Crippen LogP contribution >= 0.6 is 0 Å². The van der Waals surface area contributed by atoms with E-state index >= 15 is 0 Å². The van der Waals surface area contributed by atoms with Crippen LogP contribution in [0.25, 0.3) is 0 Å². The van der Waals surface area contributed by atoms with Gasteiger partial charge in [-0.3, -0.25) is 9.59 Å². The molecule has 0 radical (unpaired) electrons. The van der Waals surface area contributed by atoms with E-state index in [0.29, 0.717) is 13.0 Å². The number of hydrogen-bond donors (Lipinski definition) is 1. The molecule has 86 valence electrons. The lowest BCUT2D eigenvalue weighted by atomic mass is 9.97. The number of rotatable bonds is 3. The maximum atomic E-state index is 11.7. The van der Waals surface area contributed by atoms with Crippen LogP contribution in [-0.4, -0.2) is 24.0 Å². The van der Waals surface area contributed by atoms with Gasteiger partial charge in [0.1, 0.15) is 5.60 Å². The summed E-state index contributed by atoms with van der Waals surface area (Å²) in [5.74, 6) is -0.557. The van der Waals surface area contributed by atoms with Crippen molar-refractivity contribution in [2.75, 3.05) is 6.54 Å². The SMILES string of the molecule is CCC(C)(C)OC(=O)C1CCNC(=O)C1. The summed E-state index contributed by atoms with van der Waals surface area (Å²) in [4.78, 5) is 22.8. The van der Waals surface area contributed by atoms with Crippen molar-refractivity contribution < 1.29 is 14.3 Å².